The van der Waals surface area contributed by atoms with Crippen LogP contribution in [0.4, 0.5) is 10.1 Å². The van der Waals surface area contributed by atoms with Gasteiger partial charge in [-0.15, -0.1) is 0 Å². The number of rotatable bonds is 7. The molecule has 9 heteroatoms. The number of hydrogen-bond acceptors (Lipinski definition) is 6. The molecule has 2 atom stereocenters. The Bertz CT molecular complexity index is 1270. The van der Waals surface area contributed by atoms with Gasteiger partial charge in [0.05, 0.1) is 0 Å². The molecule has 5 fully saturated rings. The first-order valence-electron chi connectivity index (χ1n) is 17.9. The Kier molecular flexibility index (Phi) is 8.81. The monoisotopic (exact) mass is 621 g/mol. The summed E-state index contributed by atoms with van der Waals surface area (Å²) in [5.41, 5.74) is 2.84. The summed E-state index contributed by atoms with van der Waals surface area (Å²) in [4.78, 5) is 44.8. The number of imide groups is 1. The molecule has 0 radical (unpaired) electrons. The molecule has 2 unspecified atom stereocenters. The lowest BCUT2D eigenvalue weighted by atomic mass is 9.60. The Morgan fingerprint density at radius 2 is 1.69 bits per heavy atom. The summed E-state index contributed by atoms with van der Waals surface area (Å²) < 4.78 is 16.2. The third kappa shape index (κ3) is 6.21. The van der Waals surface area contributed by atoms with Crippen molar-refractivity contribution in [2.24, 2.45) is 5.41 Å². The summed E-state index contributed by atoms with van der Waals surface area (Å²) in [6, 6.07) is 6.27. The molecule has 0 aromatic heterocycles. The lowest BCUT2D eigenvalue weighted by Gasteiger charge is -2.55. The van der Waals surface area contributed by atoms with Crippen LogP contribution in [0.1, 0.15) is 113 Å². The van der Waals surface area contributed by atoms with Gasteiger partial charge in [-0.3, -0.25) is 24.6 Å². The van der Waals surface area contributed by atoms with Crippen molar-refractivity contribution in [1.82, 2.24) is 20.4 Å². The van der Waals surface area contributed by atoms with Crippen molar-refractivity contribution < 1.29 is 18.8 Å². The number of nitrogens with one attached hydrogen (secondary N) is 2. The number of nitrogens with zero attached hydrogens (tertiary/aromatic N) is 3. The summed E-state index contributed by atoms with van der Waals surface area (Å²) in [6.45, 7) is 8.57. The minimum atomic E-state index is -1.10. The average Bonchev–Trinajstić information content (AvgIpc) is 3.02. The van der Waals surface area contributed by atoms with Crippen LogP contribution in [0, 0.1) is 5.41 Å². The number of carbonyl (C=O) groups excluding carboxylic acids is 3. The van der Waals surface area contributed by atoms with Crippen molar-refractivity contribution in [1.29, 1.82) is 0 Å². The van der Waals surface area contributed by atoms with Crippen LogP contribution in [0.3, 0.4) is 0 Å². The second-order valence-electron chi connectivity index (χ2n) is 15.2. The number of hydrogen-bond donors (Lipinski definition) is 2. The number of benzene rings is 1. The number of amides is 3. The molecule has 4 saturated heterocycles. The molecule has 1 aliphatic carbocycles. The molecule has 3 amide bonds. The van der Waals surface area contributed by atoms with E-state index >= 15 is 4.39 Å². The standard InChI is InChI=1S/C36H52FN5O3/c1-2-4-26-21-32(44)42(30-7-8-31(43)39-34(30)45)29-6-3-5-28(33(26)29)25-9-17-40(18-10-25)24-36(37)13-19-41(20-14-36)27-22-35(23-27)11-15-38-16-12-35/h3,5-6,25-27,30,38H,2,4,7-24H2,1H3,(H,39,43,45). The fourth-order valence-electron chi connectivity index (χ4n) is 9.81. The van der Waals surface area contributed by atoms with E-state index < -0.39 is 11.7 Å². The van der Waals surface area contributed by atoms with E-state index in [1.165, 1.54) is 36.8 Å². The lowest BCUT2D eigenvalue weighted by molar-refractivity contribution is -0.136. The molecule has 2 N–H and O–H groups in total. The Labute approximate surface area is 267 Å². The van der Waals surface area contributed by atoms with E-state index in [2.05, 4.69) is 33.4 Å². The van der Waals surface area contributed by atoms with Gasteiger partial charge < -0.3 is 15.1 Å². The fourth-order valence-corrected chi connectivity index (χ4v) is 9.81. The maximum absolute atomic E-state index is 16.2. The maximum atomic E-state index is 16.2. The van der Waals surface area contributed by atoms with Gasteiger partial charge in [0.2, 0.25) is 17.7 Å². The predicted octanol–water partition coefficient (Wildman–Crippen LogP) is 4.63. The van der Waals surface area contributed by atoms with Gasteiger partial charge in [0.25, 0.3) is 0 Å². The van der Waals surface area contributed by atoms with E-state index in [4.69, 9.17) is 0 Å². The molecular formula is C36H52FN5O3. The minimum Gasteiger partial charge on any atom is -0.317 e. The third-order valence-corrected chi connectivity index (χ3v) is 12.4. The number of carbonyl (C=O) groups is 3. The molecule has 6 aliphatic rings. The van der Waals surface area contributed by atoms with Gasteiger partial charge >= 0.3 is 0 Å². The number of anilines is 1. The topological polar surface area (TPSA) is 85.0 Å². The molecule has 1 saturated carbocycles. The highest BCUT2D eigenvalue weighted by Crippen LogP contribution is 2.51. The van der Waals surface area contributed by atoms with E-state index in [-0.39, 0.29) is 30.1 Å². The van der Waals surface area contributed by atoms with Crippen LogP contribution >= 0.6 is 0 Å². The summed E-state index contributed by atoms with van der Waals surface area (Å²) >= 11 is 0. The van der Waals surface area contributed by atoms with Crippen molar-refractivity contribution in [2.75, 3.05) is 50.7 Å². The number of halogens is 1. The van der Waals surface area contributed by atoms with Crippen LogP contribution in [0.5, 0.6) is 0 Å². The molecule has 5 heterocycles. The average molecular weight is 622 g/mol. The molecule has 8 nitrogen and oxygen atoms in total. The number of likely N-dealkylation sites (tertiary alicyclic amines) is 2. The van der Waals surface area contributed by atoms with Crippen LogP contribution in [0.15, 0.2) is 18.2 Å². The highest BCUT2D eigenvalue weighted by Gasteiger charge is 2.49. The van der Waals surface area contributed by atoms with Crippen LogP contribution in [0.25, 0.3) is 0 Å². The summed E-state index contributed by atoms with van der Waals surface area (Å²) in [6.07, 6.45) is 11.4. The van der Waals surface area contributed by atoms with Crippen LogP contribution in [0.2, 0.25) is 0 Å². The molecule has 1 spiro atoms. The van der Waals surface area contributed by atoms with Gasteiger partial charge in [-0.25, -0.2) is 4.39 Å². The van der Waals surface area contributed by atoms with Gasteiger partial charge in [0.1, 0.15) is 11.7 Å². The van der Waals surface area contributed by atoms with Crippen molar-refractivity contribution in [3.8, 4) is 0 Å². The van der Waals surface area contributed by atoms with E-state index in [0.29, 0.717) is 49.6 Å². The van der Waals surface area contributed by atoms with Crippen molar-refractivity contribution in [3.63, 3.8) is 0 Å². The van der Waals surface area contributed by atoms with Gasteiger partial charge in [-0.05, 0) is 125 Å². The minimum absolute atomic E-state index is 0.0233. The zero-order valence-electron chi connectivity index (χ0n) is 27.1. The molecule has 1 aromatic rings. The van der Waals surface area contributed by atoms with Gasteiger partial charge in [0.15, 0.2) is 0 Å². The highest BCUT2D eigenvalue weighted by atomic mass is 19.1. The zero-order chi connectivity index (χ0) is 31.2. The maximum Gasteiger partial charge on any atom is 0.249 e. The van der Waals surface area contributed by atoms with Crippen molar-refractivity contribution in [3.05, 3.63) is 29.3 Å². The lowest BCUT2D eigenvalue weighted by Crippen LogP contribution is -2.58. The Morgan fingerprint density at radius 3 is 2.38 bits per heavy atom. The molecular weight excluding hydrogens is 569 g/mol. The van der Waals surface area contributed by atoms with E-state index in [9.17, 15) is 14.4 Å². The van der Waals surface area contributed by atoms with Gasteiger partial charge in [0, 0.05) is 44.2 Å². The molecule has 45 heavy (non-hydrogen) atoms. The Morgan fingerprint density at radius 1 is 0.956 bits per heavy atom. The Hall–Kier alpha value is -2.36. The van der Waals surface area contributed by atoms with Crippen LogP contribution in [-0.4, -0.2) is 91.1 Å². The van der Waals surface area contributed by atoms with Crippen LogP contribution < -0.4 is 15.5 Å². The smallest absolute Gasteiger partial charge is 0.249 e. The van der Waals surface area contributed by atoms with E-state index in [1.807, 2.05) is 12.1 Å². The third-order valence-electron chi connectivity index (χ3n) is 12.4. The molecule has 7 rings (SSSR count). The van der Waals surface area contributed by atoms with E-state index in [0.717, 1.165) is 70.6 Å². The second kappa shape index (κ2) is 12.7. The highest BCUT2D eigenvalue weighted by molar-refractivity contribution is 6.08. The Balaban J connectivity index is 0.982. The van der Waals surface area contributed by atoms with Crippen molar-refractivity contribution >= 4 is 23.4 Å². The van der Waals surface area contributed by atoms with E-state index in [1.54, 1.807) is 4.90 Å². The van der Waals surface area contributed by atoms with Crippen molar-refractivity contribution in [2.45, 2.75) is 120 Å². The van der Waals surface area contributed by atoms with Crippen LogP contribution in [-0.2, 0) is 14.4 Å². The SMILES string of the molecule is CCCC1CC(=O)N(C2CCC(=O)NC2=O)c2cccc(C3CCN(CC4(F)CCN(C5CC6(CCNCC6)C5)CC4)CC3)c21. The number of piperidine rings is 4. The predicted molar refractivity (Wildman–Crippen MR) is 173 cm³/mol. The number of alkyl halides is 1. The van der Waals surface area contributed by atoms with Gasteiger partial charge in [-0.2, -0.15) is 0 Å². The molecule has 5 aliphatic heterocycles. The summed E-state index contributed by atoms with van der Waals surface area (Å²) in [5.74, 6) is -0.177. The quantitative estimate of drug-likeness (QED) is 0.432. The number of fused-ring (bicyclic) bond motifs is 1. The second-order valence-corrected chi connectivity index (χ2v) is 15.2. The molecule has 246 valence electrons. The summed E-state index contributed by atoms with van der Waals surface area (Å²) in [7, 11) is 0. The van der Waals surface area contributed by atoms with Gasteiger partial charge in [-0.1, -0.05) is 25.5 Å². The fraction of sp³-hybridized carbons (Fsp3) is 0.750. The molecule has 1 aromatic carbocycles. The first-order chi connectivity index (χ1) is 21.8. The normalized spacial score (nSPS) is 29.8. The molecule has 0 bridgehead atoms. The zero-order valence-corrected chi connectivity index (χ0v) is 27.1. The largest absolute Gasteiger partial charge is 0.317 e. The summed E-state index contributed by atoms with van der Waals surface area (Å²) in [5, 5.41) is 5.94. The first-order valence-corrected chi connectivity index (χ1v) is 17.9. The first kappa shape index (κ1) is 31.3.